The zero-order valence-corrected chi connectivity index (χ0v) is 14.5. The van der Waals surface area contributed by atoms with Crippen molar-refractivity contribution in [2.24, 2.45) is 0 Å². The van der Waals surface area contributed by atoms with Crippen LogP contribution in [0.3, 0.4) is 0 Å². The van der Waals surface area contributed by atoms with Gasteiger partial charge in [-0.15, -0.1) is 0 Å². The van der Waals surface area contributed by atoms with Gasteiger partial charge in [0, 0.05) is 24.8 Å². The molecular formula is C18H27FN2O2. The standard InChI is InChI=1S/C18H27FN2O2/c1-13-7-8-15(12-16(13)19)20-14-6-5-10-21(11-9-14)17(22)23-18(2,3)4/h7-8,12,14,20H,5-6,9-11H2,1-4H3. The minimum Gasteiger partial charge on any atom is -0.444 e. The van der Waals surface area contributed by atoms with Crippen molar-refractivity contribution in [3.8, 4) is 0 Å². The van der Waals surface area contributed by atoms with Crippen LogP contribution in [0.25, 0.3) is 0 Å². The number of benzene rings is 1. The third-order valence-corrected chi connectivity index (χ3v) is 3.92. The van der Waals surface area contributed by atoms with Crippen molar-refractivity contribution in [2.45, 2.75) is 58.6 Å². The van der Waals surface area contributed by atoms with E-state index in [1.807, 2.05) is 26.8 Å². The second-order valence-corrected chi connectivity index (χ2v) is 7.20. The van der Waals surface area contributed by atoms with Gasteiger partial charge in [0.25, 0.3) is 0 Å². The quantitative estimate of drug-likeness (QED) is 0.881. The summed E-state index contributed by atoms with van der Waals surface area (Å²) in [6.07, 6.45) is 2.44. The molecule has 0 spiro atoms. The van der Waals surface area contributed by atoms with Crippen LogP contribution in [0.1, 0.15) is 45.6 Å². The van der Waals surface area contributed by atoms with Gasteiger partial charge in [0.15, 0.2) is 0 Å². The lowest BCUT2D eigenvalue weighted by Crippen LogP contribution is -2.37. The van der Waals surface area contributed by atoms with E-state index in [0.29, 0.717) is 18.7 Å². The maximum Gasteiger partial charge on any atom is 0.410 e. The Morgan fingerprint density at radius 3 is 2.70 bits per heavy atom. The van der Waals surface area contributed by atoms with E-state index in [2.05, 4.69) is 5.32 Å². The number of amides is 1. The van der Waals surface area contributed by atoms with Crippen LogP contribution in [0.2, 0.25) is 0 Å². The molecule has 1 fully saturated rings. The van der Waals surface area contributed by atoms with Crippen LogP contribution < -0.4 is 5.32 Å². The van der Waals surface area contributed by atoms with Crippen molar-refractivity contribution in [2.75, 3.05) is 18.4 Å². The van der Waals surface area contributed by atoms with Gasteiger partial charge in [0.05, 0.1) is 0 Å². The molecule has 0 aromatic heterocycles. The van der Waals surface area contributed by atoms with Crippen LogP contribution in [-0.2, 0) is 4.74 Å². The van der Waals surface area contributed by atoms with Crippen molar-refractivity contribution in [1.29, 1.82) is 0 Å². The molecule has 128 valence electrons. The number of ether oxygens (including phenoxy) is 1. The summed E-state index contributed by atoms with van der Waals surface area (Å²) in [5.74, 6) is -0.195. The fourth-order valence-electron chi connectivity index (χ4n) is 2.67. The summed E-state index contributed by atoms with van der Waals surface area (Å²) >= 11 is 0. The molecular weight excluding hydrogens is 295 g/mol. The molecule has 0 radical (unpaired) electrons. The number of carbonyl (C=O) groups is 1. The van der Waals surface area contributed by atoms with E-state index in [0.717, 1.165) is 24.9 Å². The Kier molecular flexibility index (Phi) is 5.50. The molecule has 1 aliphatic heterocycles. The SMILES string of the molecule is Cc1ccc(NC2CCCN(C(=O)OC(C)(C)C)CC2)cc1F. The maximum absolute atomic E-state index is 13.6. The second-order valence-electron chi connectivity index (χ2n) is 7.20. The summed E-state index contributed by atoms with van der Waals surface area (Å²) in [5.41, 5.74) is 0.969. The first-order chi connectivity index (χ1) is 10.7. The van der Waals surface area contributed by atoms with Gasteiger partial charge < -0.3 is 15.0 Å². The van der Waals surface area contributed by atoms with Gasteiger partial charge in [-0.25, -0.2) is 9.18 Å². The summed E-state index contributed by atoms with van der Waals surface area (Å²) in [5, 5.41) is 3.38. The Hall–Kier alpha value is -1.78. The Morgan fingerprint density at radius 1 is 1.30 bits per heavy atom. The number of hydrogen-bond donors (Lipinski definition) is 1. The molecule has 1 saturated heterocycles. The fourth-order valence-corrected chi connectivity index (χ4v) is 2.67. The van der Waals surface area contributed by atoms with Crippen LogP contribution in [-0.4, -0.2) is 35.7 Å². The van der Waals surface area contributed by atoms with Crippen molar-refractivity contribution >= 4 is 11.8 Å². The first-order valence-corrected chi connectivity index (χ1v) is 8.25. The van der Waals surface area contributed by atoms with Crippen molar-refractivity contribution in [3.63, 3.8) is 0 Å². The van der Waals surface area contributed by atoms with Gasteiger partial charge in [-0.1, -0.05) is 6.07 Å². The van der Waals surface area contributed by atoms with E-state index in [9.17, 15) is 9.18 Å². The zero-order chi connectivity index (χ0) is 17.0. The molecule has 0 saturated carbocycles. The number of nitrogens with zero attached hydrogens (tertiary/aromatic N) is 1. The van der Waals surface area contributed by atoms with E-state index >= 15 is 0 Å². The lowest BCUT2D eigenvalue weighted by atomic mass is 10.1. The van der Waals surface area contributed by atoms with Gasteiger partial charge in [0.1, 0.15) is 11.4 Å². The summed E-state index contributed by atoms with van der Waals surface area (Å²) < 4.78 is 19.1. The highest BCUT2D eigenvalue weighted by Crippen LogP contribution is 2.20. The Bertz CT molecular complexity index is 554. The van der Waals surface area contributed by atoms with Crippen molar-refractivity contribution < 1.29 is 13.9 Å². The largest absolute Gasteiger partial charge is 0.444 e. The third kappa shape index (κ3) is 5.41. The van der Waals surface area contributed by atoms with E-state index in [1.54, 1.807) is 17.9 Å². The first-order valence-electron chi connectivity index (χ1n) is 8.25. The molecule has 2 rings (SSSR count). The van der Waals surface area contributed by atoms with Crippen LogP contribution in [0, 0.1) is 12.7 Å². The number of carbonyl (C=O) groups excluding carboxylic acids is 1. The molecule has 1 atom stereocenters. The van der Waals surface area contributed by atoms with Gasteiger partial charge in [-0.05, 0) is 64.7 Å². The van der Waals surface area contributed by atoms with Crippen LogP contribution >= 0.6 is 0 Å². The molecule has 0 aliphatic carbocycles. The van der Waals surface area contributed by atoms with E-state index in [4.69, 9.17) is 4.74 Å². The molecule has 1 N–H and O–H groups in total. The average molecular weight is 322 g/mol. The molecule has 1 aliphatic rings. The number of halogens is 1. The van der Waals surface area contributed by atoms with E-state index in [-0.39, 0.29) is 18.0 Å². The van der Waals surface area contributed by atoms with Crippen molar-refractivity contribution in [1.82, 2.24) is 4.90 Å². The van der Waals surface area contributed by atoms with E-state index < -0.39 is 5.60 Å². The van der Waals surface area contributed by atoms with Crippen LogP contribution in [0.15, 0.2) is 18.2 Å². The van der Waals surface area contributed by atoms with Crippen LogP contribution in [0.4, 0.5) is 14.9 Å². The zero-order valence-electron chi connectivity index (χ0n) is 14.5. The third-order valence-electron chi connectivity index (χ3n) is 3.92. The summed E-state index contributed by atoms with van der Waals surface area (Å²) in [4.78, 5) is 13.9. The second kappa shape index (κ2) is 7.20. The number of hydrogen-bond acceptors (Lipinski definition) is 3. The molecule has 5 heteroatoms. The lowest BCUT2D eigenvalue weighted by molar-refractivity contribution is 0.0256. The molecule has 1 unspecified atom stereocenters. The lowest BCUT2D eigenvalue weighted by Gasteiger charge is -2.26. The smallest absolute Gasteiger partial charge is 0.410 e. The number of aryl methyl sites for hydroxylation is 1. The summed E-state index contributed by atoms with van der Waals surface area (Å²) in [7, 11) is 0. The first kappa shape index (κ1) is 17.6. The molecule has 1 aromatic carbocycles. The Labute approximate surface area is 138 Å². The molecule has 1 heterocycles. The molecule has 1 aromatic rings. The number of anilines is 1. The maximum atomic E-state index is 13.6. The molecule has 4 nitrogen and oxygen atoms in total. The Balaban J connectivity index is 1.90. The molecule has 1 amide bonds. The van der Waals surface area contributed by atoms with Gasteiger partial charge in [0.2, 0.25) is 0 Å². The predicted octanol–water partition coefficient (Wildman–Crippen LogP) is 4.34. The average Bonchev–Trinajstić information content (AvgIpc) is 2.67. The summed E-state index contributed by atoms with van der Waals surface area (Å²) in [6, 6.07) is 5.45. The van der Waals surface area contributed by atoms with Crippen LogP contribution in [0.5, 0.6) is 0 Å². The minimum absolute atomic E-state index is 0.195. The molecule has 0 bridgehead atoms. The predicted molar refractivity (Wildman–Crippen MR) is 90.2 cm³/mol. The highest BCUT2D eigenvalue weighted by atomic mass is 19.1. The fraction of sp³-hybridized carbons (Fsp3) is 0.611. The van der Waals surface area contributed by atoms with Gasteiger partial charge in [-0.2, -0.15) is 0 Å². The monoisotopic (exact) mass is 322 g/mol. The number of likely N-dealkylation sites (tertiary alicyclic amines) is 1. The summed E-state index contributed by atoms with van der Waals surface area (Å²) in [6.45, 7) is 8.73. The molecule has 23 heavy (non-hydrogen) atoms. The minimum atomic E-state index is -0.472. The van der Waals surface area contributed by atoms with Gasteiger partial charge in [-0.3, -0.25) is 0 Å². The Morgan fingerprint density at radius 2 is 2.04 bits per heavy atom. The number of nitrogens with one attached hydrogen (secondary N) is 1. The highest BCUT2D eigenvalue weighted by Gasteiger charge is 2.25. The van der Waals surface area contributed by atoms with Gasteiger partial charge >= 0.3 is 6.09 Å². The van der Waals surface area contributed by atoms with Crippen molar-refractivity contribution in [3.05, 3.63) is 29.6 Å². The van der Waals surface area contributed by atoms with E-state index in [1.165, 1.54) is 6.07 Å². The normalized spacial score (nSPS) is 19.2. The number of rotatable bonds is 2. The highest BCUT2D eigenvalue weighted by molar-refractivity contribution is 5.68. The topological polar surface area (TPSA) is 41.6 Å².